The van der Waals surface area contributed by atoms with Crippen LogP contribution in [0.2, 0.25) is 5.02 Å². The number of piperidine rings is 1. The molecule has 1 N–H and O–H groups in total. The summed E-state index contributed by atoms with van der Waals surface area (Å²) in [6.45, 7) is 2.79. The summed E-state index contributed by atoms with van der Waals surface area (Å²) in [7, 11) is -3.26. The zero-order valence-electron chi connectivity index (χ0n) is 17.0. The maximum absolute atomic E-state index is 11.9. The molecule has 29 heavy (non-hydrogen) atoms. The number of halogens is 1. The smallest absolute Gasteiger partial charge is 0.209 e. The molecule has 6 nitrogen and oxygen atoms in total. The molecule has 3 heterocycles. The van der Waals surface area contributed by atoms with Gasteiger partial charge in [-0.25, -0.2) is 13.1 Å². The van der Waals surface area contributed by atoms with E-state index in [4.69, 9.17) is 21.1 Å². The van der Waals surface area contributed by atoms with Gasteiger partial charge in [-0.15, -0.1) is 0 Å². The van der Waals surface area contributed by atoms with Crippen molar-refractivity contribution in [3.63, 3.8) is 0 Å². The monoisotopic (exact) mass is 442 g/mol. The molecule has 162 valence electrons. The van der Waals surface area contributed by atoms with Crippen molar-refractivity contribution in [1.82, 2.24) is 9.62 Å². The van der Waals surface area contributed by atoms with Crippen LogP contribution in [0.4, 0.5) is 0 Å². The van der Waals surface area contributed by atoms with E-state index in [0.717, 1.165) is 62.4 Å². The minimum Gasteiger partial charge on any atom is -0.492 e. The molecule has 0 radical (unpaired) electrons. The number of sulfonamides is 1. The summed E-state index contributed by atoms with van der Waals surface area (Å²) in [4.78, 5) is 2.33. The van der Waals surface area contributed by atoms with E-state index in [-0.39, 0.29) is 18.2 Å². The van der Waals surface area contributed by atoms with Crippen LogP contribution in [-0.2, 0) is 14.8 Å². The van der Waals surface area contributed by atoms with Crippen LogP contribution in [0.3, 0.4) is 0 Å². The lowest BCUT2D eigenvalue weighted by atomic mass is 9.82. The van der Waals surface area contributed by atoms with Crippen molar-refractivity contribution in [2.45, 2.75) is 62.6 Å². The van der Waals surface area contributed by atoms with Crippen molar-refractivity contribution in [1.29, 1.82) is 0 Å². The van der Waals surface area contributed by atoms with E-state index in [1.165, 1.54) is 11.8 Å². The van der Waals surface area contributed by atoms with Gasteiger partial charge in [0.15, 0.2) is 0 Å². The first-order chi connectivity index (χ1) is 13.9. The van der Waals surface area contributed by atoms with Gasteiger partial charge >= 0.3 is 0 Å². The molecule has 2 bridgehead atoms. The Morgan fingerprint density at radius 1 is 1.14 bits per heavy atom. The molecule has 3 aliphatic heterocycles. The SMILES string of the molecule is CS(=O)(=O)N[C@H]1CCCN2CCOc3ccc(Cl)cc3C3CCC(CC3)OCC12. The van der Waals surface area contributed by atoms with Crippen LogP contribution in [0.1, 0.15) is 50.0 Å². The van der Waals surface area contributed by atoms with E-state index in [2.05, 4.69) is 15.7 Å². The lowest BCUT2D eigenvalue weighted by Gasteiger charge is -2.41. The molecule has 1 unspecified atom stereocenters. The number of benzene rings is 1. The highest BCUT2D eigenvalue weighted by Crippen LogP contribution is 2.40. The quantitative estimate of drug-likeness (QED) is 0.761. The molecule has 0 spiro atoms. The van der Waals surface area contributed by atoms with E-state index in [1.54, 1.807) is 0 Å². The van der Waals surface area contributed by atoms with Gasteiger partial charge < -0.3 is 9.47 Å². The standard InChI is InChI=1S/C21H31ClN2O4S/c1-29(25,26)23-19-3-2-10-24-11-12-27-21-9-6-16(22)13-18(21)15-4-7-17(8-5-15)28-14-20(19)24/h6,9,13,15,17,19-20,23H,2-5,7-8,10-12,14H2,1H3/t15?,17?,19-,20?/m0/s1. The number of nitrogens with one attached hydrogen (secondary N) is 1. The van der Waals surface area contributed by atoms with Crippen molar-refractivity contribution < 1.29 is 17.9 Å². The summed E-state index contributed by atoms with van der Waals surface area (Å²) >= 11 is 6.28. The first kappa shape index (κ1) is 21.4. The van der Waals surface area contributed by atoms with Gasteiger partial charge in [0.25, 0.3) is 0 Å². The lowest BCUT2D eigenvalue weighted by molar-refractivity contribution is -0.0284. The molecule has 1 aromatic carbocycles. The molecule has 1 aliphatic carbocycles. The molecule has 4 aliphatic rings. The van der Waals surface area contributed by atoms with Crippen molar-refractivity contribution in [3.8, 4) is 5.75 Å². The summed E-state index contributed by atoms with van der Waals surface area (Å²) in [6.07, 6.45) is 7.40. The van der Waals surface area contributed by atoms with Gasteiger partial charge in [-0.2, -0.15) is 0 Å². The molecular weight excluding hydrogens is 412 g/mol. The maximum Gasteiger partial charge on any atom is 0.209 e. The third-order valence-corrected chi connectivity index (χ3v) is 7.45. The number of nitrogens with zero attached hydrogens (tertiary/aromatic N) is 1. The average Bonchev–Trinajstić information content (AvgIpc) is 2.69. The van der Waals surface area contributed by atoms with Gasteiger partial charge in [0.1, 0.15) is 12.4 Å². The van der Waals surface area contributed by atoms with Gasteiger partial charge in [-0.3, -0.25) is 4.90 Å². The molecular formula is C21H31ClN2O4S. The van der Waals surface area contributed by atoms with Gasteiger partial charge in [0.05, 0.1) is 19.0 Å². The fourth-order valence-electron chi connectivity index (χ4n) is 5.06. The number of hydrogen-bond acceptors (Lipinski definition) is 5. The van der Waals surface area contributed by atoms with E-state index < -0.39 is 10.0 Å². The van der Waals surface area contributed by atoms with Crippen LogP contribution in [0.25, 0.3) is 0 Å². The van der Waals surface area contributed by atoms with Gasteiger partial charge in [0, 0.05) is 23.7 Å². The van der Waals surface area contributed by atoms with Crippen molar-refractivity contribution in [2.75, 3.05) is 32.6 Å². The van der Waals surface area contributed by atoms with E-state index in [0.29, 0.717) is 19.1 Å². The highest BCUT2D eigenvalue weighted by Gasteiger charge is 2.35. The van der Waals surface area contributed by atoms with Crippen LogP contribution in [-0.4, -0.2) is 64.1 Å². The van der Waals surface area contributed by atoms with Crippen LogP contribution in [0, 0.1) is 0 Å². The maximum atomic E-state index is 11.9. The number of fused-ring (bicyclic) bond motifs is 5. The molecule has 0 aromatic heterocycles. The summed E-state index contributed by atoms with van der Waals surface area (Å²) in [5, 5.41) is 0.751. The van der Waals surface area contributed by atoms with E-state index in [9.17, 15) is 8.42 Å². The Morgan fingerprint density at radius 2 is 1.93 bits per heavy atom. The first-order valence-electron chi connectivity index (χ1n) is 10.6. The van der Waals surface area contributed by atoms with E-state index >= 15 is 0 Å². The third-order valence-electron chi connectivity index (χ3n) is 6.48. The summed E-state index contributed by atoms with van der Waals surface area (Å²) < 4.78 is 39.1. The highest BCUT2D eigenvalue weighted by atomic mass is 35.5. The molecule has 2 fully saturated rings. The van der Waals surface area contributed by atoms with Crippen molar-refractivity contribution in [2.24, 2.45) is 0 Å². The Labute approximate surface area is 178 Å². The Bertz CT molecular complexity index is 811. The van der Waals surface area contributed by atoms with Crippen molar-refractivity contribution in [3.05, 3.63) is 28.8 Å². The molecule has 1 saturated heterocycles. The van der Waals surface area contributed by atoms with Gasteiger partial charge in [0.2, 0.25) is 10.0 Å². The predicted octanol–water partition coefficient (Wildman–Crippen LogP) is 3.16. The second-order valence-corrected chi connectivity index (χ2v) is 10.8. The zero-order valence-corrected chi connectivity index (χ0v) is 18.6. The lowest BCUT2D eigenvalue weighted by Crippen LogP contribution is -2.58. The number of hydrogen-bond donors (Lipinski definition) is 1. The normalized spacial score (nSPS) is 31.5. The second-order valence-electron chi connectivity index (χ2n) is 8.58. The second kappa shape index (κ2) is 9.10. The minimum atomic E-state index is -3.26. The van der Waals surface area contributed by atoms with Gasteiger partial charge in [-0.05, 0) is 74.8 Å². The number of rotatable bonds is 2. The summed E-state index contributed by atoms with van der Waals surface area (Å²) in [5.74, 6) is 1.38. The van der Waals surface area contributed by atoms with Crippen LogP contribution >= 0.6 is 11.6 Å². The van der Waals surface area contributed by atoms with Gasteiger partial charge in [-0.1, -0.05) is 11.6 Å². The largest absolute Gasteiger partial charge is 0.492 e. The van der Waals surface area contributed by atoms with Crippen molar-refractivity contribution >= 4 is 21.6 Å². The summed E-state index contributed by atoms with van der Waals surface area (Å²) in [5.41, 5.74) is 1.21. The van der Waals surface area contributed by atoms with E-state index in [1.807, 2.05) is 12.1 Å². The Morgan fingerprint density at radius 3 is 2.69 bits per heavy atom. The molecule has 1 saturated carbocycles. The highest BCUT2D eigenvalue weighted by molar-refractivity contribution is 7.88. The Kier molecular flexibility index (Phi) is 6.71. The number of ether oxygens (including phenoxy) is 2. The molecule has 5 rings (SSSR count). The first-order valence-corrected chi connectivity index (χ1v) is 12.9. The average molecular weight is 443 g/mol. The Balaban J connectivity index is 1.57. The third kappa shape index (κ3) is 5.44. The summed E-state index contributed by atoms with van der Waals surface area (Å²) in [6, 6.07) is 5.85. The van der Waals surface area contributed by atoms with Crippen LogP contribution in [0.15, 0.2) is 18.2 Å². The fourth-order valence-corrected chi connectivity index (χ4v) is 6.06. The fraction of sp³-hybridized carbons (Fsp3) is 0.714. The van der Waals surface area contributed by atoms with Crippen LogP contribution in [0.5, 0.6) is 5.75 Å². The topological polar surface area (TPSA) is 67.9 Å². The molecule has 8 heteroatoms. The Hall–Kier alpha value is -0.860. The molecule has 0 amide bonds. The molecule has 1 aromatic rings. The zero-order chi connectivity index (χ0) is 20.4. The van der Waals surface area contributed by atoms with Crippen LogP contribution < -0.4 is 9.46 Å². The predicted molar refractivity (Wildman–Crippen MR) is 114 cm³/mol. The minimum absolute atomic E-state index is 0.0326. The molecule has 2 atom stereocenters.